The van der Waals surface area contributed by atoms with Crippen LogP contribution >= 0.6 is 23.2 Å². The Kier molecular flexibility index (Phi) is 7.65. The smallest absolute Gasteiger partial charge is 0.329 e. The number of carbonyl (C=O) groups excluding carboxylic acids is 2. The van der Waals surface area contributed by atoms with Crippen LogP contribution in [0.25, 0.3) is 0 Å². The van der Waals surface area contributed by atoms with Gasteiger partial charge in [-0.1, -0.05) is 53.5 Å². The average Bonchev–Trinajstić information content (AvgIpc) is 2.76. The summed E-state index contributed by atoms with van der Waals surface area (Å²) in [5.41, 5.74) is 5.18. The molecule has 0 saturated heterocycles. The van der Waals surface area contributed by atoms with Crippen LogP contribution in [0.4, 0.5) is 5.69 Å². The fourth-order valence-corrected chi connectivity index (χ4v) is 2.93. The molecule has 0 radical (unpaired) electrons. The third kappa shape index (κ3) is 6.57. The number of carbonyl (C=O) groups is 2. The minimum atomic E-state index is -0.881. The molecule has 0 unspecified atom stereocenters. The maximum Gasteiger partial charge on any atom is 0.329 e. The lowest BCUT2D eigenvalue weighted by Gasteiger charge is -2.09. The number of hydrazone groups is 1. The zero-order chi connectivity index (χ0) is 22.2. The molecular weight excluding hydrogens is 437 g/mol. The van der Waals surface area contributed by atoms with Gasteiger partial charge in [0.2, 0.25) is 0 Å². The molecule has 0 aliphatic carbocycles. The van der Waals surface area contributed by atoms with Gasteiger partial charge in [0.25, 0.3) is 0 Å². The van der Waals surface area contributed by atoms with E-state index < -0.39 is 11.8 Å². The largest absolute Gasteiger partial charge is 0.487 e. The van der Waals surface area contributed by atoms with Crippen molar-refractivity contribution in [3.63, 3.8) is 0 Å². The molecule has 0 spiro atoms. The number of amides is 2. The molecule has 0 saturated carbocycles. The maximum atomic E-state index is 12.0. The average molecular weight is 456 g/mol. The van der Waals surface area contributed by atoms with Crippen LogP contribution in [0.1, 0.15) is 16.7 Å². The van der Waals surface area contributed by atoms with Crippen molar-refractivity contribution in [2.24, 2.45) is 5.10 Å². The standard InChI is InChI=1S/C23H19Cl2N3O3/c1-15-4-2-3-5-20(15)27-22(29)23(30)28-26-13-17-8-11-21(19(25)12-17)31-14-16-6-9-18(24)10-7-16/h2-13H,14H2,1H3,(H,27,29)(H,28,30)/b26-13-. The number of halogens is 2. The van der Waals surface area contributed by atoms with Crippen LogP contribution in [0.2, 0.25) is 10.0 Å². The number of ether oxygens (including phenoxy) is 1. The van der Waals surface area contributed by atoms with Crippen LogP contribution in [0.15, 0.2) is 71.8 Å². The molecule has 3 aromatic carbocycles. The Hall–Kier alpha value is -3.35. The van der Waals surface area contributed by atoms with Gasteiger partial charge in [-0.25, -0.2) is 5.43 Å². The van der Waals surface area contributed by atoms with Gasteiger partial charge >= 0.3 is 11.8 Å². The van der Waals surface area contributed by atoms with Gasteiger partial charge in [-0.05, 0) is 60.0 Å². The lowest BCUT2D eigenvalue weighted by Crippen LogP contribution is -2.32. The predicted octanol–water partition coefficient (Wildman–Crippen LogP) is 4.97. The molecule has 3 rings (SSSR count). The van der Waals surface area contributed by atoms with Crippen molar-refractivity contribution in [3.8, 4) is 5.75 Å². The summed E-state index contributed by atoms with van der Waals surface area (Å²) < 4.78 is 5.72. The Labute approximate surface area is 189 Å². The van der Waals surface area contributed by atoms with E-state index in [4.69, 9.17) is 27.9 Å². The van der Waals surface area contributed by atoms with Gasteiger partial charge in [0.05, 0.1) is 11.2 Å². The summed E-state index contributed by atoms with van der Waals surface area (Å²) in [6.45, 7) is 2.18. The quantitative estimate of drug-likeness (QED) is 0.312. The van der Waals surface area contributed by atoms with Crippen molar-refractivity contribution in [2.75, 3.05) is 5.32 Å². The monoisotopic (exact) mass is 455 g/mol. The third-order valence-corrected chi connectivity index (χ3v) is 4.79. The van der Waals surface area contributed by atoms with Crippen molar-refractivity contribution < 1.29 is 14.3 Å². The number of benzene rings is 3. The molecule has 8 heteroatoms. The number of hydrogen-bond donors (Lipinski definition) is 2. The molecule has 31 heavy (non-hydrogen) atoms. The highest BCUT2D eigenvalue weighted by atomic mass is 35.5. The van der Waals surface area contributed by atoms with E-state index in [1.165, 1.54) is 6.21 Å². The van der Waals surface area contributed by atoms with Gasteiger partial charge in [-0.2, -0.15) is 5.10 Å². The van der Waals surface area contributed by atoms with E-state index in [0.717, 1.165) is 11.1 Å². The van der Waals surface area contributed by atoms with E-state index in [9.17, 15) is 9.59 Å². The van der Waals surface area contributed by atoms with Crippen molar-refractivity contribution >= 4 is 46.9 Å². The summed E-state index contributed by atoms with van der Waals surface area (Å²) >= 11 is 12.1. The lowest BCUT2D eigenvalue weighted by molar-refractivity contribution is -0.136. The number of aryl methyl sites for hydroxylation is 1. The van der Waals surface area contributed by atoms with Crippen molar-refractivity contribution in [3.05, 3.63) is 93.5 Å². The Morgan fingerprint density at radius 1 is 1.00 bits per heavy atom. The van der Waals surface area contributed by atoms with Gasteiger partial charge in [-0.3, -0.25) is 9.59 Å². The maximum absolute atomic E-state index is 12.0. The highest BCUT2D eigenvalue weighted by Gasteiger charge is 2.13. The summed E-state index contributed by atoms with van der Waals surface area (Å²) in [5.74, 6) is -1.18. The van der Waals surface area contributed by atoms with Crippen LogP contribution in [0.3, 0.4) is 0 Å². The van der Waals surface area contributed by atoms with Gasteiger partial charge < -0.3 is 10.1 Å². The number of nitrogens with one attached hydrogen (secondary N) is 2. The van der Waals surface area contributed by atoms with Crippen LogP contribution in [0, 0.1) is 6.92 Å². The molecule has 0 aromatic heterocycles. The summed E-state index contributed by atoms with van der Waals surface area (Å²) in [4.78, 5) is 23.9. The summed E-state index contributed by atoms with van der Waals surface area (Å²) in [6.07, 6.45) is 1.38. The third-order valence-electron chi connectivity index (χ3n) is 4.24. The Bertz CT molecular complexity index is 1120. The predicted molar refractivity (Wildman–Crippen MR) is 123 cm³/mol. The number of para-hydroxylation sites is 1. The van der Waals surface area contributed by atoms with E-state index in [2.05, 4.69) is 15.8 Å². The molecule has 2 N–H and O–H groups in total. The molecule has 0 fully saturated rings. The molecule has 0 bridgehead atoms. The summed E-state index contributed by atoms with van der Waals surface area (Å²) in [5, 5.41) is 7.39. The molecule has 2 amide bonds. The second kappa shape index (κ2) is 10.6. The first-order chi connectivity index (χ1) is 14.9. The highest BCUT2D eigenvalue weighted by Crippen LogP contribution is 2.26. The van der Waals surface area contributed by atoms with Gasteiger partial charge in [-0.15, -0.1) is 0 Å². The first-order valence-corrected chi connectivity index (χ1v) is 10.0. The fourth-order valence-electron chi connectivity index (χ4n) is 2.56. The van der Waals surface area contributed by atoms with E-state index in [-0.39, 0.29) is 0 Å². The van der Waals surface area contributed by atoms with Crippen molar-refractivity contribution in [1.82, 2.24) is 5.43 Å². The molecule has 3 aromatic rings. The van der Waals surface area contributed by atoms with E-state index in [0.29, 0.717) is 33.7 Å². The van der Waals surface area contributed by atoms with Gasteiger partial charge in [0.15, 0.2) is 0 Å². The van der Waals surface area contributed by atoms with Gasteiger partial charge in [0, 0.05) is 10.7 Å². The second-order valence-electron chi connectivity index (χ2n) is 6.57. The number of anilines is 1. The second-order valence-corrected chi connectivity index (χ2v) is 7.42. The first-order valence-electron chi connectivity index (χ1n) is 9.29. The minimum absolute atomic E-state index is 0.344. The first kappa shape index (κ1) is 22.3. The normalized spacial score (nSPS) is 10.7. The zero-order valence-electron chi connectivity index (χ0n) is 16.6. The highest BCUT2D eigenvalue weighted by molar-refractivity contribution is 6.39. The molecule has 0 aliphatic rings. The van der Waals surface area contributed by atoms with Crippen molar-refractivity contribution in [1.29, 1.82) is 0 Å². The number of nitrogens with zero attached hydrogens (tertiary/aromatic N) is 1. The summed E-state index contributed by atoms with van der Waals surface area (Å²) in [7, 11) is 0. The molecular formula is C23H19Cl2N3O3. The summed E-state index contributed by atoms with van der Waals surface area (Å²) in [6, 6.07) is 19.5. The molecule has 0 heterocycles. The van der Waals surface area contributed by atoms with E-state index >= 15 is 0 Å². The van der Waals surface area contributed by atoms with Crippen LogP contribution in [-0.4, -0.2) is 18.0 Å². The Morgan fingerprint density at radius 2 is 1.74 bits per heavy atom. The molecule has 158 valence electrons. The topological polar surface area (TPSA) is 79.8 Å². The SMILES string of the molecule is Cc1ccccc1NC(=O)C(=O)N/N=C\c1ccc(OCc2ccc(Cl)cc2)c(Cl)c1. The number of hydrogen-bond acceptors (Lipinski definition) is 4. The van der Waals surface area contributed by atoms with Crippen LogP contribution < -0.4 is 15.5 Å². The Morgan fingerprint density at radius 3 is 2.45 bits per heavy atom. The molecule has 0 aliphatic heterocycles. The van der Waals surface area contributed by atoms with Crippen molar-refractivity contribution in [2.45, 2.75) is 13.5 Å². The van der Waals surface area contributed by atoms with Crippen LogP contribution in [-0.2, 0) is 16.2 Å². The fraction of sp³-hybridized carbons (Fsp3) is 0.0870. The van der Waals surface area contributed by atoms with Gasteiger partial charge in [0.1, 0.15) is 12.4 Å². The minimum Gasteiger partial charge on any atom is -0.487 e. The van der Waals surface area contributed by atoms with E-state index in [1.807, 2.05) is 31.2 Å². The lowest BCUT2D eigenvalue weighted by atomic mass is 10.2. The van der Waals surface area contributed by atoms with Crippen LogP contribution in [0.5, 0.6) is 5.75 Å². The number of rotatable bonds is 6. The Balaban J connectivity index is 1.53. The van der Waals surface area contributed by atoms with E-state index in [1.54, 1.807) is 42.5 Å². The molecule has 6 nitrogen and oxygen atoms in total. The molecule has 0 atom stereocenters. The zero-order valence-corrected chi connectivity index (χ0v) is 18.1.